The largest absolute Gasteiger partial charge is 0.493 e. The van der Waals surface area contributed by atoms with E-state index in [0.29, 0.717) is 0 Å². The van der Waals surface area contributed by atoms with Gasteiger partial charge in [-0.3, -0.25) is 14.9 Å². The summed E-state index contributed by atoms with van der Waals surface area (Å²) in [5.74, 6) is -1.71. The van der Waals surface area contributed by atoms with Crippen molar-refractivity contribution in [1.82, 2.24) is 4.90 Å². The molecule has 0 unspecified atom stereocenters. The summed E-state index contributed by atoms with van der Waals surface area (Å²) in [6, 6.07) is 2.32. The van der Waals surface area contributed by atoms with Crippen molar-refractivity contribution >= 4 is 17.6 Å². The molecule has 0 spiro atoms. The highest BCUT2D eigenvalue weighted by Gasteiger charge is 2.41. The number of amides is 1. The molecule has 1 fully saturated rings. The number of aliphatic hydroxyl groups is 1. The maximum absolute atomic E-state index is 12.7. The molecule has 0 aliphatic carbocycles. The Morgan fingerprint density at radius 1 is 1.20 bits per heavy atom. The minimum Gasteiger partial charge on any atom is -0.493 e. The molecule has 2 rings (SSSR count). The average Bonchev–Trinajstić information content (AvgIpc) is 2.60. The first-order chi connectivity index (χ1) is 11.7. The fraction of sp³-hybridized carbons (Fsp3) is 0.467. The molecule has 10 nitrogen and oxygen atoms in total. The van der Waals surface area contributed by atoms with E-state index in [4.69, 9.17) is 14.6 Å². The van der Waals surface area contributed by atoms with Crippen molar-refractivity contribution in [2.24, 2.45) is 0 Å². The Bertz CT molecular complexity index is 710. The van der Waals surface area contributed by atoms with Crippen LogP contribution in [0.25, 0.3) is 0 Å². The lowest BCUT2D eigenvalue weighted by Gasteiger charge is -2.35. The summed E-state index contributed by atoms with van der Waals surface area (Å²) in [5, 5.41) is 30.2. The highest BCUT2D eigenvalue weighted by atomic mass is 16.6. The van der Waals surface area contributed by atoms with Crippen LogP contribution in [-0.4, -0.2) is 64.8 Å². The molecule has 1 aromatic carbocycles. The van der Waals surface area contributed by atoms with Crippen molar-refractivity contribution in [2.75, 3.05) is 27.3 Å². The van der Waals surface area contributed by atoms with Crippen molar-refractivity contribution in [3.05, 3.63) is 27.8 Å². The van der Waals surface area contributed by atoms with E-state index < -0.39 is 28.1 Å². The van der Waals surface area contributed by atoms with E-state index in [2.05, 4.69) is 0 Å². The zero-order valence-electron chi connectivity index (χ0n) is 13.7. The monoisotopic (exact) mass is 354 g/mol. The number of nitrogens with zero attached hydrogens (tertiary/aromatic N) is 2. The van der Waals surface area contributed by atoms with Crippen LogP contribution in [0.1, 0.15) is 23.2 Å². The molecule has 2 N–H and O–H groups in total. The summed E-state index contributed by atoms with van der Waals surface area (Å²) in [6.07, 6.45) is -0.315. The molecule has 1 amide bonds. The highest BCUT2D eigenvalue weighted by Crippen LogP contribution is 2.35. The minimum atomic E-state index is -1.89. The summed E-state index contributed by atoms with van der Waals surface area (Å²) in [5.41, 5.74) is -2.52. The number of methoxy groups -OCH3 is 2. The standard InChI is InChI=1S/C15H18N2O8/c1-24-11-7-9(10(17(22)23)8-12(11)25-2)13(18)16-5-3-15(21,4-6-16)14(19)20/h7-8,21H,3-6H2,1-2H3,(H,19,20). The van der Waals surface area contributed by atoms with Gasteiger partial charge in [-0.1, -0.05) is 0 Å². The predicted octanol–water partition coefficient (Wildman–Crippen LogP) is 0.664. The first-order valence-corrected chi connectivity index (χ1v) is 7.39. The minimum absolute atomic E-state index is 0.0346. The first-order valence-electron chi connectivity index (χ1n) is 7.39. The number of piperidine rings is 1. The second kappa shape index (κ2) is 6.93. The maximum Gasteiger partial charge on any atom is 0.335 e. The molecule has 0 radical (unpaired) electrons. The summed E-state index contributed by atoms with van der Waals surface area (Å²) >= 11 is 0. The fourth-order valence-electron chi connectivity index (χ4n) is 2.65. The van der Waals surface area contributed by atoms with Crippen LogP contribution >= 0.6 is 0 Å². The predicted molar refractivity (Wildman–Crippen MR) is 83.9 cm³/mol. The molecule has 1 aliphatic rings. The molecular weight excluding hydrogens is 336 g/mol. The molecular formula is C15H18N2O8. The Balaban J connectivity index is 2.33. The number of carboxylic acids is 1. The van der Waals surface area contributed by atoms with Crippen molar-refractivity contribution in [2.45, 2.75) is 18.4 Å². The Kier molecular flexibility index (Phi) is 5.12. The highest BCUT2D eigenvalue weighted by molar-refractivity contribution is 5.99. The number of nitro groups is 1. The zero-order chi connectivity index (χ0) is 18.8. The number of likely N-dealkylation sites (tertiary alicyclic amines) is 1. The van der Waals surface area contributed by atoms with E-state index in [1.54, 1.807) is 0 Å². The van der Waals surface area contributed by atoms with Gasteiger partial charge in [-0.25, -0.2) is 4.79 Å². The molecule has 1 saturated heterocycles. The Hall–Kier alpha value is -2.88. The van der Waals surface area contributed by atoms with Gasteiger partial charge >= 0.3 is 5.97 Å². The second-order valence-electron chi connectivity index (χ2n) is 5.61. The third-order valence-electron chi connectivity index (χ3n) is 4.20. The smallest absolute Gasteiger partial charge is 0.335 e. The normalized spacial score (nSPS) is 16.2. The molecule has 136 valence electrons. The summed E-state index contributed by atoms with van der Waals surface area (Å²) < 4.78 is 10.1. The number of ether oxygens (including phenoxy) is 2. The van der Waals surface area contributed by atoms with Gasteiger partial charge in [0.1, 0.15) is 5.56 Å². The molecule has 0 atom stereocenters. The number of benzene rings is 1. The van der Waals surface area contributed by atoms with Gasteiger partial charge < -0.3 is 24.6 Å². The molecule has 1 aromatic rings. The topological polar surface area (TPSA) is 139 Å². The molecule has 10 heteroatoms. The number of hydrogen-bond donors (Lipinski definition) is 2. The van der Waals surface area contributed by atoms with Crippen LogP contribution in [0, 0.1) is 10.1 Å². The SMILES string of the molecule is COc1cc(C(=O)N2CCC(O)(C(=O)O)CC2)c([N+](=O)[O-])cc1OC. The number of hydrogen-bond acceptors (Lipinski definition) is 7. The van der Waals surface area contributed by atoms with E-state index >= 15 is 0 Å². The van der Waals surface area contributed by atoms with Gasteiger partial charge in [-0.05, 0) is 0 Å². The summed E-state index contributed by atoms with van der Waals surface area (Å²) in [4.78, 5) is 35.6. The van der Waals surface area contributed by atoms with E-state index in [0.717, 1.165) is 6.07 Å². The molecule has 1 aliphatic heterocycles. The lowest BCUT2D eigenvalue weighted by molar-refractivity contribution is -0.385. The summed E-state index contributed by atoms with van der Waals surface area (Å²) in [7, 11) is 2.66. The van der Waals surface area contributed by atoms with Gasteiger partial charge in [-0.2, -0.15) is 0 Å². The van der Waals surface area contributed by atoms with Crippen molar-refractivity contribution in [1.29, 1.82) is 0 Å². The van der Waals surface area contributed by atoms with Crippen LogP contribution in [-0.2, 0) is 4.79 Å². The van der Waals surface area contributed by atoms with Crippen LogP contribution in [0.15, 0.2) is 12.1 Å². The molecule has 0 bridgehead atoms. The third-order valence-corrected chi connectivity index (χ3v) is 4.20. The Morgan fingerprint density at radius 3 is 2.16 bits per heavy atom. The summed E-state index contributed by atoms with van der Waals surface area (Å²) in [6.45, 7) is -0.0692. The Morgan fingerprint density at radius 2 is 1.72 bits per heavy atom. The Labute approximate surface area is 142 Å². The third kappa shape index (κ3) is 3.48. The lowest BCUT2D eigenvalue weighted by Crippen LogP contribution is -2.50. The van der Waals surface area contributed by atoms with E-state index in [-0.39, 0.29) is 43.0 Å². The zero-order valence-corrected chi connectivity index (χ0v) is 13.7. The number of rotatable bonds is 5. The number of carbonyl (C=O) groups is 2. The quantitative estimate of drug-likeness (QED) is 0.581. The second-order valence-corrected chi connectivity index (χ2v) is 5.61. The molecule has 0 saturated carbocycles. The average molecular weight is 354 g/mol. The van der Waals surface area contributed by atoms with Gasteiger partial charge in [0, 0.05) is 32.0 Å². The van der Waals surface area contributed by atoms with Gasteiger partial charge in [0.15, 0.2) is 17.1 Å². The molecule has 1 heterocycles. The van der Waals surface area contributed by atoms with Crippen LogP contribution in [0.3, 0.4) is 0 Å². The van der Waals surface area contributed by atoms with Gasteiger partial charge in [0.2, 0.25) is 0 Å². The molecule has 25 heavy (non-hydrogen) atoms. The fourth-order valence-corrected chi connectivity index (χ4v) is 2.65. The van der Waals surface area contributed by atoms with Gasteiger partial charge in [0.05, 0.1) is 25.2 Å². The number of aliphatic carboxylic acids is 1. The van der Waals surface area contributed by atoms with E-state index in [1.807, 2.05) is 0 Å². The van der Waals surface area contributed by atoms with Crippen molar-refractivity contribution in [3.63, 3.8) is 0 Å². The van der Waals surface area contributed by atoms with Crippen LogP contribution in [0.4, 0.5) is 5.69 Å². The van der Waals surface area contributed by atoms with Crippen molar-refractivity contribution in [3.8, 4) is 11.5 Å². The lowest BCUT2D eigenvalue weighted by atomic mass is 9.91. The van der Waals surface area contributed by atoms with Crippen LogP contribution < -0.4 is 9.47 Å². The van der Waals surface area contributed by atoms with Crippen LogP contribution in [0.2, 0.25) is 0 Å². The number of carbonyl (C=O) groups excluding carboxylic acids is 1. The first kappa shape index (κ1) is 18.5. The molecule has 0 aromatic heterocycles. The van der Waals surface area contributed by atoms with Crippen molar-refractivity contribution < 1.29 is 34.2 Å². The number of nitro benzene ring substituents is 1. The van der Waals surface area contributed by atoms with Gasteiger partial charge in [0.25, 0.3) is 11.6 Å². The van der Waals surface area contributed by atoms with Gasteiger partial charge in [-0.15, -0.1) is 0 Å². The maximum atomic E-state index is 12.7. The number of carboxylic acid groups (broad SMARTS) is 1. The van der Waals surface area contributed by atoms with E-state index in [9.17, 15) is 24.8 Å². The van der Waals surface area contributed by atoms with E-state index in [1.165, 1.54) is 25.2 Å². The van der Waals surface area contributed by atoms with Crippen LogP contribution in [0.5, 0.6) is 11.5 Å².